The van der Waals surface area contributed by atoms with Gasteiger partial charge in [-0.15, -0.1) is 6.42 Å². The predicted molar refractivity (Wildman–Crippen MR) is 68.8 cm³/mol. The van der Waals surface area contributed by atoms with Crippen molar-refractivity contribution in [3.63, 3.8) is 0 Å². The summed E-state index contributed by atoms with van der Waals surface area (Å²) in [4.78, 5) is 24.4. The van der Waals surface area contributed by atoms with E-state index >= 15 is 0 Å². The Labute approximate surface area is 113 Å². The molecule has 1 saturated carbocycles. The molecule has 0 saturated heterocycles. The van der Waals surface area contributed by atoms with Gasteiger partial charge in [0, 0.05) is 6.42 Å². The van der Waals surface area contributed by atoms with E-state index in [1.165, 1.54) is 4.90 Å². The quantitative estimate of drug-likeness (QED) is 0.579. The molecule has 0 atom stereocenters. The SMILES string of the molecule is C#CCN(CC#N)C(=O)CC1(CC(=O)O)CCCC1. The summed E-state index contributed by atoms with van der Waals surface area (Å²) in [7, 11) is 0. The second kappa shape index (κ2) is 6.80. The monoisotopic (exact) mass is 262 g/mol. The lowest BCUT2D eigenvalue weighted by Crippen LogP contribution is -2.36. The lowest BCUT2D eigenvalue weighted by Gasteiger charge is -2.29. The molecule has 0 unspecified atom stereocenters. The fourth-order valence-electron chi connectivity index (χ4n) is 2.72. The average Bonchev–Trinajstić information content (AvgIpc) is 2.76. The van der Waals surface area contributed by atoms with Gasteiger partial charge in [0.05, 0.1) is 19.0 Å². The van der Waals surface area contributed by atoms with Gasteiger partial charge >= 0.3 is 5.97 Å². The van der Waals surface area contributed by atoms with Crippen molar-refractivity contribution in [3.05, 3.63) is 0 Å². The van der Waals surface area contributed by atoms with E-state index in [0.717, 1.165) is 25.7 Å². The van der Waals surface area contributed by atoms with Crippen LogP contribution >= 0.6 is 0 Å². The smallest absolute Gasteiger partial charge is 0.303 e. The van der Waals surface area contributed by atoms with Crippen molar-refractivity contribution in [3.8, 4) is 18.4 Å². The Hall–Kier alpha value is -2.01. The van der Waals surface area contributed by atoms with Gasteiger partial charge in [-0.25, -0.2) is 0 Å². The van der Waals surface area contributed by atoms with Gasteiger partial charge in [-0.05, 0) is 18.3 Å². The topological polar surface area (TPSA) is 81.4 Å². The third-order valence-corrected chi connectivity index (χ3v) is 3.61. The molecule has 0 aromatic rings. The molecule has 1 fully saturated rings. The summed E-state index contributed by atoms with van der Waals surface area (Å²) in [5.74, 6) is 1.25. The van der Waals surface area contributed by atoms with Crippen LogP contribution in [0, 0.1) is 29.1 Å². The highest BCUT2D eigenvalue weighted by Gasteiger charge is 2.38. The first kappa shape index (κ1) is 15.0. The van der Waals surface area contributed by atoms with Crippen LogP contribution < -0.4 is 0 Å². The van der Waals surface area contributed by atoms with Crippen LogP contribution in [0.2, 0.25) is 0 Å². The normalized spacial score (nSPS) is 16.3. The molecule has 5 nitrogen and oxygen atoms in total. The summed E-state index contributed by atoms with van der Waals surface area (Å²) < 4.78 is 0. The molecule has 102 valence electrons. The minimum absolute atomic E-state index is 0.00911. The van der Waals surface area contributed by atoms with E-state index in [9.17, 15) is 9.59 Å². The Morgan fingerprint density at radius 3 is 2.37 bits per heavy atom. The van der Waals surface area contributed by atoms with E-state index in [1.54, 1.807) is 0 Å². The number of carboxylic acids is 1. The number of hydrogen-bond acceptors (Lipinski definition) is 3. The number of nitriles is 1. The first-order valence-electron chi connectivity index (χ1n) is 6.33. The lowest BCUT2D eigenvalue weighted by molar-refractivity contribution is -0.141. The summed E-state index contributed by atoms with van der Waals surface area (Å²) >= 11 is 0. The second-order valence-electron chi connectivity index (χ2n) is 5.07. The Bertz CT molecular complexity index is 409. The van der Waals surface area contributed by atoms with Gasteiger partial charge < -0.3 is 10.0 Å². The van der Waals surface area contributed by atoms with Crippen molar-refractivity contribution in [1.29, 1.82) is 5.26 Å². The third-order valence-electron chi connectivity index (χ3n) is 3.61. The predicted octanol–water partition coefficient (Wildman–Crippen LogP) is 1.40. The minimum Gasteiger partial charge on any atom is -0.481 e. The maximum absolute atomic E-state index is 12.2. The van der Waals surface area contributed by atoms with E-state index in [-0.39, 0.29) is 31.8 Å². The van der Waals surface area contributed by atoms with Crippen LogP contribution in [0.3, 0.4) is 0 Å². The molecule has 0 aromatic heterocycles. The van der Waals surface area contributed by atoms with Gasteiger partial charge in [0.25, 0.3) is 0 Å². The van der Waals surface area contributed by atoms with Crippen LogP contribution in [0.1, 0.15) is 38.5 Å². The molecular formula is C14H18N2O3. The molecular weight excluding hydrogens is 244 g/mol. The number of rotatable bonds is 6. The van der Waals surface area contributed by atoms with E-state index < -0.39 is 11.4 Å². The summed E-state index contributed by atoms with van der Waals surface area (Å²) in [5, 5.41) is 17.7. The van der Waals surface area contributed by atoms with Crippen LogP contribution in [0.25, 0.3) is 0 Å². The zero-order valence-electron chi connectivity index (χ0n) is 10.9. The molecule has 0 aromatic carbocycles. The number of carbonyl (C=O) groups is 2. The van der Waals surface area contributed by atoms with Crippen LogP contribution in [-0.2, 0) is 9.59 Å². The van der Waals surface area contributed by atoms with Crippen molar-refractivity contribution in [2.75, 3.05) is 13.1 Å². The van der Waals surface area contributed by atoms with Gasteiger partial charge in [-0.1, -0.05) is 18.8 Å². The van der Waals surface area contributed by atoms with Gasteiger partial charge in [0.15, 0.2) is 0 Å². The number of hydrogen-bond donors (Lipinski definition) is 1. The number of aliphatic carboxylic acids is 1. The Morgan fingerprint density at radius 2 is 1.89 bits per heavy atom. The number of nitrogens with zero attached hydrogens (tertiary/aromatic N) is 2. The zero-order chi connectivity index (χ0) is 14.3. The maximum Gasteiger partial charge on any atom is 0.303 e. The Balaban J connectivity index is 2.73. The number of carbonyl (C=O) groups excluding carboxylic acids is 1. The van der Waals surface area contributed by atoms with Gasteiger partial charge in [-0.2, -0.15) is 5.26 Å². The molecule has 1 N–H and O–H groups in total. The highest BCUT2D eigenvalue weighted by molar-refractivity contribution is 5.78. The van der Waals surface area contributed by atoms with Crippen LogP contribution in [0.5, 0.6) is 0 Å². The highest BCUT2D eigenvalue weighted by Crippen LogP contribution is 2.44. The first-order valence-corrected chi connectivity index (χ1v) is 6.33. The molecule has 0 radical (unpaired) electrons. The molecule has 0 spiro atoms. The molecule has 0 bridgehead atoms. The zero-order valence-corrected chi connectivity index (χ0v) is 10.9. The van der Waals surface area contributed by atoms with Crippen molar-refractivity contribution in [2.45, 2.75) is 38.5 Å². The fourth-order valence-corrected chi connectivity index (χ4v) is 2.72. The molecule has 1 aliphatic carbocycles. The average molecular weight is 262 g/mol. The standard InChI is InChI=1S/C14H18N2O3/c1-2-8-16(9-7-15)12(17)10-14(11-13(18)19)5-3-4-6-14/h1H,3-6,8-11H2,(H,18,19). The summed E-state index contributed by atoms with van der Waals surface area (Å²) in [6, 6.07) is 1.90. The van der Waals surface area contributed by atoms with Crippen LogP contribution in [0.15, 0.2) is 0 Å². The number of terminal acetylenes is 1. The van der Waals surface area contributed by atoms with Gasteiger partial charge in [0.1, 0.15) is 6.54 Å². The third kappa shape index (κ3) is 4.30. The van der Waals surface area contributed by atoms with E-state index in [0.29, 0.717) is 0 Å². The largest absolute Gasteiger partial charge is 0.481 e. The van der Waals surface area contributed by atoms with Crippen molar-refractivity contribution in [1.82, 2.24) is 4.90 Å². The van der Waals surface area contributed by atoms with Crippen LogP contribution in [-0.4, -0.2) is 35.0 Å². The minimum atomic E-state index is -0.876. The summed E-state index contributed by atoms with van der Waals surface area (Å²) in [6.07, 6.45) is 8.76. The summed E-state index contributed by atoms with van der Waals surface area (Å²) in [5.41, 5.74) is -0.453. The molecule has 1 rings (SSSR count). The Kier molecular flexibility index (Phi) is 5.38. The molecule has 1 aliphatic rings. The van der Waals surface area contributed by atoms with Crippen molar-refractivity contribution < 1.29 is 14.7 Å². The lowest BCUT2D eigenvalue weighted by atomic mass is 9.79. The molecule has 1 amide bonds. The first-order chi connectivity index (χ1) is 9.03. The molecule has 19 heavy (non-hydrogen) atoms. The van der Waals surface area contributed by atoms with Crippen LogP contribution in [0.4, 0.5) is 0 Å². The van der Waals surface area contributed by atoms with E-state index in [2.05, 4.69) is 5.92 Å². The summed E-state index contributed by atoms with van der Waals surface area (Å²) in [6.45, 7) is 0.0434. The molecule has 5 heteroatoms. The van der Waals surface area contributed by atoms with E-state index in [4.69, 9.17) is 16.8 Å². The van der Waals surface area contributed by atoms with Gasteiger partial charge in [-0.3, -0.25) is 9.59 Å². The maximum atomic E-state index is 12.2. The fraction of sp³-hybridized carbons (Fsp3) is 0.643. The second-order valence-corrected chi connectivity index (χ2v) is 5.07. The van der Waals surface area contributed by atoms with E-state index in [1.807, 2.05) is 6.07 Å². The number of amides is 1. The van der Waals surface area contributed by atoms with Crippen molar-refractivity contribution in [2.24, 2.45) is 5.41 Å². The number of carboxylic acid groups (broad SMARTS) is 1. The highest BCUT2D eigenvalue weighted by atomic mass is 16.4. The molecule has 0 aliphatic heterocycles. The van der Waals surface area contributed by atoms with Gasteiger partial charge in [0.2, 0.25) is 5.91 Å². The van der Waals surface area contributed by atoms with Crippen molar-refractivity contribution >= 4 is 11.9 Å². The molecule has 0 heterocycles. The Morgan fingerprint density at radius 1 is 1.26 bits per heavy atom.